The highest BCUT2D eigenvalue weighted by Gasteiger charge is 2.05. The minimum atomic E-state index is 0.508. The van der Waals surface area contributed by atoms with Crippen molar-refractivity contribution in [2.24, 2.45) is 5.73 Å². The highest BCUT2D eigenvalue weighted by molar-refractivity contribution is 6.30. The quantitative estimate of drug-likeness (QED) is 0.854. The summed E-state index contributed by atoms with van der Waals surface area (Å²) in [5.41, 5.74) is 7.73. The van der Waals surface area contributed by atoms with E-state index in [0.717, 1.165) is 39.8 Å². The second-order valence-corrected chi connectivity index (χ2v) is 5.43. The fourth-order valence-corrected chi connectivity index (χ4v) is 2.24. The van der Waals surface area contributed by atoms with Crippen LogP contribution in [-0.2, 0) is 13.0 Å². The molecule has 0 saturated carbocycles. The molecule has 0 fully saturated rings. The third-order valence-corrected chi connectivity index (χ3v) is 3.47. The molecule has 4 heteroatoms. The van der Waals surface area contributed by atoms with Gasteiger partial charge in [0.1, 0.15) is 12.4 Å². The molecule has 0 aromatic heterocycles. The van der Waals surface area contributed by atoms with E-state index in [1.54, 1.807) is 0 Å². The van der Waals surface area contributed by atoms with E-state index >= 15 is 0 Å². The summed E-state index contributed by atoms with van der Waals surface area (Å²) in [5.74, 6) is 0.859. The molecule has 0 spiro atoms. The maximum absolute atomic E-state index is 6.03. The molecule has 0 amide bonds. The van der Waals surface area contributed by atoms with Crippen LogP contribution in [0.15, 0.2) is 42.5 Å². The van der Waals surface area contributed by atoms with Gasteiger partial charge in [-0.2, -0.15) is 0 Å². The molecule has 0 bridgehead atoms. The van der Waals surface area contributed by atoms with Crippen LogP contribution in [0.4, 0.5) is 0 Å². The molecular weight excluding hydrogens is 293 g/mol. The number of hydrogen-bond acceptors (Lipinski definition) is 2. The summed E-state index contributed by atoms with van der Waals surface area (Å²) >= 11 is 11.9. The predicted molar refractivity (Wildman–Crippen MR) is 84.6 cm³/mol. The van der Waals surface area contributed by atoms with Gasteiger partial charge in [-0.1, -0.05) is 35.3 Å². The van der Waals surface area contributed by atoms with Crippen LogP contribution in [-0.4, -0.2) is 6.54 Å². The van der Waals surface area contributed by atoms with Crippen molar-refractivity contribution in [2.75, 3.05) is 6.54 Å². The molecule has 2 N–H and O–H groups in total. The summed E-state index contributed by atoms with van der Waals surface area (Å²) in [6.07, 6.45) is 1.78. The summed E-state index contributed by atoms with van der Waals surface area (Å²) in [6.45, 7) is 1.16. The van der Waals surface area contributed by atoms with Crippen molar-refractivity contribution >= 4 is 23.2 Å². The third-order valence-electron chi connectivity index (χ3n) is 2.98. The van der Waals surface area contributed by atoms with E-state index in [1.165, 1.54) is 0 Å². The molecule has 0 saturated heterocycles. The Bertz CT molecular complexity index is 555. The zero-order chi connectivity index (χ0) is 14.4. The van der Waals surface area contributed by atoms with Crippen LogP contribution >= 0.6 is 23.2 Å². The van der Waals surface area contributed by atoms with E-state index < -0.39 is 0 Å². The van der Waals surface area contributed by atoms with E-state index in [1.807, 2.05) is 42.5 Å². The van der Waals surface area contributed by atoms with Crippen LogP contribution in [0, 0.1) is 0 Å². The van der Waals surface area contributed by atoms with Gasteiger partial charge in [-0.15, -0.1) is 0 Å². The normalized spacial score (nSPS) is 10.6. The third kappa shape index (κ3) is 4.41. The molecule has 0 aliphatic heterocycles. The van der Waals surface area contributed by atoms with Crippen LogP contribution in [0.1, 0.15) is 17.5 Å². The summed E-state index contributed by atoms with van der Waals surface area (Å²) in [4.78, 5) is 0. The molecule has 0 unspecified atom stereocenters. The first-order valence-corrected chi connectivity index (χ1v) is 7.30. The van der Waals surface area contributed by atoms with E-state index in [0.29, 0.717) is 13.2 Å². The average molecular weight is 310 g/mol. The molecule has 2 aromatic rings. The number of benzene rings is 2. The van der Waals surface area contributed by atoms with Gasteiger partial charge in [0.05, 0.1) is 0 Å². The van der Waals surface area contributed by atoms with Gasteiger partial charge in [-0.3, -0.25) is 0 Å². The molecule has 2 nitrogen and oxygen atoms in total. The van der Waals surface area contributed by atoms with E-state index in [-0.39, 0.29) is 0 Å². The second kappa shape index (κ2) is 7.53. The predicted octanol–water partition coefficient (Wildman–Crippen LogP) is 4.46. The number of nitrogens with two attached hydrogens (primary N) is 1. The lowest BCUT2D eigenvalue weighted by molar-refractivity contribution is 0.303. The van der Waals surface area contributed by atoms with Crippen molar-refractivity contribution in [3.05, 3.63) is 63.6 Å². The Morgan fingerprint density at radius 1 is 0.950 bits per heavy atom. The maximum Gasteiger partial charge on any atom is 0.123 e. The van der Waals surface area contributed by atoms with Crippen molar-refractivity contribution in [1.82, 2.24) is 0 Å². The molecule has 2 aromatic carbocycles. The molecule has 0 aliphatic carbocycles. The highest BCUT2D eigenvalue weighted by atomic mass is 35.5. The van der Waals surface area contributed by atoms with Gasteiger partial charge < -0.3 is 10.5 Å². The van der Waals surface area contributed by atoms with E-state index in [2.05, 4.69) is 0 Å². The van der Waals surface area contributed by atoms with Crippen LogP contribution < -0.4 is 10.5 Å². The Balaban J connectivity index is 2.06. The molecule has 0 radical (unpaired) electrons. The summed E-state index contributed by atoms with van der Waals surface area (Å²) in [7, 11) is 0. The van der Waals surface area contributed by atoms with Crippen molar-refractivity contribution in [1.29, 1.82) is 0 Å². The first-order valence-electron chi connectivity index (χ1n) is 6.55. The Morgan fingerprint density at radius 3 is 2.35 bits per heavy atom. The van der Waals surface area contributed by atoms with Crippen LogP contribution in [0.25, 0.3) is 0 Å². The maximum atomic E-state index is 6.03. The highest BCUT2D eigenvalue weighted by Crippen LogP contribution is 2.25. The first-order chi connectivity index (χ1) is 9.69. The van der Waals surface area contributed by atoms with Gasteiger partial charge in [0.15, 0.2) is 0 Å². The fraction of sp³-hybridized carbons (Fsp3) is 0.250. The Hall–Kier alpha value is -1.22. The number of aryl methyl sites for hydroxylation is 1. The molecule has 0 aliphatic rings. The number of hydrogen-bond donors (Lipinski definition) is 1. The number of halogens is 2. The van der Waals surface area contributed by atoms with Crippen molar-refractivity contribution in [3.8, 4) is 5.75 Å². The average Bonchev–Trinajstić information content (AvgIpc) is 2.46. The smallest absolute Gasteiger partial charge is 0.123 e. The lowest BCUT2D eigenvalue weighted by atomic mass is 10.1. The monoisotopic (exact) mass is 309 g/mol. The van der Waals surface area contributed by atoms with Crippen LogP contribution in [0.3, 0.4) is 0 Å². The molecule has 0 atom stereocenters. The number of rotatable bonds is 6. The van der Waals surface area contributed by atoms with Crippen molar-refractivity contribution < 1.29 is 4.74 Å². The van der Waals surface area contributed by atoms with Crippen LogP contribution in [0.2, 0.25) is 10.0 Å². The summed E-state index contributed by atoms with van der Waals surface area (Å²) in [5, 5.41) is 1.44. The minimum absolute atomic E-state index is 0.508. The first kappa shape index (κ1) is 15.2. The second-order valence-electron chi connectivity index (χ2n) is 4.56. The van der Waals surface area contributed by atoms with Gasteiger partial charge in [0, 0.05) is 10.0 Å². The van der Waals surface area contributed by atoms with Crippen LogP contribution in [0.5, 0.6) is 5.75 Å². The molecule has 0 heterocycles. The lowest BCUT2D eigenvalue weighted by Crippen LogP contribution is -2.03. The van der Waals surface area contributed by atoms with Gasteiger partial charge in [-0.05, 0) is 60.8 Å². The summed E-state index contributed by atoms with van der Waals surface area (Å²) < 4.78 is 5.87. The largest absolute Gasteiger partial charge is 0.489 e. The molecular formula is C16H17Cl2NO. The van der Waals surface area contributed by atoms with Gasteiger partial charge >= 0.3 is 0 Å². The van der Waals surface area contributed by atoms with Crippen molar-refractivity contribution in [2.45, 2.75) is 19.4 Å². The summed E-state index contributed by atoms with van der Waals surface area (Å²) in [6, 6.07) is 13.3. The molecule has 20 heavy (non-hydrogen) atoms. The molecule has 2 rings (SSSR count). The van der Waals surface area contributed by atoms with E-state index in [4.69, 9.17) is 33.7 Å². The SMILES string of the molecule is NCCCc1cc(Cl)ccc1OCc1ccc(Cl)cc1. The van der Waals surface area contributed by atoms with Gasteiger partial charge in [-0.25, -0.2) is 0 Å². The van der Waals surface area contributed by atoms with Gasteiger partial charge in [0.2, 0.25) is 0 Å². The standard InChI is InChI=1S/C16H17Cl2NO/c17-14-5-3-12(4-6-14)11-20-16-8-7-15(18)10-13(16)2-1-9-19/h3-8,10H,1-2,9,11,19H2. The topological polar surface area (TPSA) is 35.2 Å². The fourth-order valence-electron chi connectivity index (χ4n) is 1.92. The molecule has 106 valence electrons. The van der Waals surface area contributed by atoms with Crippen molar-refractivity contribution in [3.63, 3.8) is 0 Å². The Labute approximate surface area is 129 Å². The van der Waals surface area contributed by atoms with Gasteiger partial charge in [0.25, 0.3) is 0 Å². The Morgan fingerprint density at radius 2 is 1.65 bits per heavy atom. The number of ether oxygens (including phenoxy) is 1. The Kier molecular flexibility index (Phi) is 5.72. The lowest BCUT2D eigenvalue weighted by Gasteiger charge is -2.12. The van der Waals surface area contributed by atoms with E-state index in [9.17, 15) is 0 Å². The zero-order valence-corrected chi connectivity index (χ0v) is 12.6. The zero-order valence-electron chi connectivity index (χ0n) is 11.1. The minimum Gasteiger partial charge on any atom is -0.489 e.